The molecule has 1 fully saturated rings. The van der Waals surface area contributed by atoms with Crippen LogP contribution in [-0.2, 0) is 11.4 Å². The first-order chi connectivity index (χ1) is 16.4. The predicted molar refractivity (Wildman–Crippen MR) is 138 cm³/mol. The molecule has 0 aromatic heterocycles. The minimum absolute atomic E-state index is 0.203. The predicted octanol–water partition coefficient (Wildman–Crippen LogP) is 5.85. The zero-order valence-corrected chi connectivity index (χ0v) is 20.6. The van der Waals surface area contributed by atoms with Crippen molar-refractivity contribution in [2.45, 2.75) is 6.61 Å². The summed E-state index contributed by atoms with van der Waals surface area (Å²) in [6, 6.07) is 17.7. The van der Waals surface area contributed by atoms with E-state index in [1.165, 1.54) is 4.90 Å². The summed E-state index contributed by atoms with van der Waals surface area (Å²) in [5.74, 6) is 1.41. The van der Waals surface area contributed by atoms with Crippen LogP contribution in [0.5, 0.6) is 17.2 Å². The summed E-state index contributed by atoms with van der Waals surface area (Å²) in [6.07, 6.45) is 1.72. The number of anilines is 1. The van der Waals surface area contributed by atoms with E-state index >= 15 is 0 Å². The number of thiocarbonyl (C=S) groups is 1. The van der Waals surface area contributed by atoms with Gasteiger partial charge >= 0.3 is 0 Å². The van der Waals surface area contributed by atoms with Crippen molar-refractivity contribution in [3.63, 3.8) is 0 Å². The second-order valence-corrected chi connectivity index (χ2v) is 8.47. The molecule has 174 valence electrons. The van der Waals surface area contributed by atoms with Crippen LogP contribution in [0.2, 0.25) is 10.0 Å². The van der Waals surface area contributed by atoms with Gasteiger partial charge in [0, 0.05) is 10.6 Å². The fraction of sp³-hybridized carbons (Fsp3) is 0.120. The van der Waals surface area contributed by atoms with E-state index in [-0.39, 0.29) is 17.6 Å². The number of amides is 1. The molecule has 1 aliphatic rings. The highest BCUT2D eigenvalue weighted by Crippen LogP contribution is 2.32. The van der Waals surface area contributed by atoms with Crippen molar-refractivity contribution in [1.29, 1.82) is 0 Å². The maximum absolute atomic E-state index is 13.1. The molecular weight excluding hydrogens is 495 g/mol. The normalized spacial score (nSPS) is 14.4. The molecule has 0 saturated carbocycles. The summed E-state index contributed by atoms with van der Waals surface area (Å²) >= 11 is 17.6. The van der Waals surface area contributed by atoms with Crippen molar-refractivity contribution in [2.75, 3.05) is 19.1 Å². The van der Waals surface area contributed by atoms with Gasteiger partial charge in [-0.15, -0.1) is 0 Å². The van der Waals surface area contributed by atoms with Crippen LogP contribution in [0, 0.1) is 0 Å². The molecule has 0 aliphatic carbocycles. The molecule has 1 aliphatic heterocycles. The summed E-state index contributed by atoms with van der Waals surface area (Å²) in [4.78, 5) is 14.6. The highest BCUT2D eigenvalue weighted by atomic mass is 35.5. The van der Waals surface area contributed by atoms with Gasteiger partial charge in [-0.25, -0.2) is 4.90 Å². The van der Waals surface area contributed by atoms with E-state index in [1.54, 1.807) is 50.6 Å². The number of para-hydroxylation sites is 2. The Bertz CT molecular complexity index is 1300. The topological polar surface area (TPSA) is 60.0 Å². The van der Waals surface area contributed by atoms with Gasteiger partial charge in [0.1, 0.15) is 29.6 Å². The number of benzene rings is 3. The van der Waals surface area contributed by atoms with E-state index in [4.69, 9.17) is 49.6 Å². The molecule has 3 aromatic rings. The Balaban J connectivity index is 1.59. The van der Waals surface area contributed by atoms with Gasteiger partial charge in [-0.1, -0.05) is 41.4 Å². The van der Waals surface area contributed by atoms with Crippen molar-refractivity contribution in [3.05, 3.63) is 87.5 Å². The van der Waals surface area contributed by atoms with E-state index in [2.05, 4.69) is 5.32 Å². The van der Waals surface area contributed by atoms with Crippen LogP contribution in [0.15, 0.2) is 66.4 Å². The van der Waals surface area contributed by atoms with E-state index in [1.807, 2.05) is 30.3 Å². The smallest absolute Gasteiger partial charge is 0.281 e. The first kappa shape index (κ1) is 23.9. The van der Waals surface area contributed by atoms with Gasteiger partial charge < -0.3 is 19.5 Å². The third-order valence-electron chi connectivity index (χ3n) is 5.10. The summed E-state index contributed by atoms with van der Waals surface area (Å²) in [7, 11) is 3.13. The minimum atomic E-state index is -0.281. The lowest BCUT2D eigenvalue weighted by molar-refractivity contribution is -0.113. The molecule has 3 aromatic carbocycles. The van der Waals surface area contributed by atoms with Crippen molar-refractivity contribution in [2.24, 2.45) is 0 Å². The van der Waals surface area contributed by atoms with E-state index in [0.717, 1.165) is 11.1 Å². The Morgan fingerprint density at radius 2 is 1.71 bits per heavy atom. The van der Waals surface area contributed by atoms with Crippen LogP contribution in [0.1, 0.15) is 11.1 Å². The Morgan fingerprint density at radius 3 is 2.44 bits per heavy atom. The number of carbonyl (C=O) groups is 1. The maximum Gasteiger partial charge on any atom is 0.281 e. The van der Waals surface area contributed by atoms with Gasteiger partial charge in [-0.05, 0) is 66.3 Å². The Kier molecular flexibility index (Phi) is 7.26. The molecule has 9 heteroatoms. The molecule has 1 saturated heterocycles. The number of hydrogen-bond acceptors (Lipinski definition) is 5. The SMILES string of the molecule is COc1ccc(/C=C2/NC(=S)N(c3ccccc3OC)C2=O)cc1COc1ccc(Cl)cc1Cl. The number of carbonyl (C=O) groups excluding carboxylic acids is 1. The first-order valence-electron chi connectivity index (χ1n) is 10.2. The Morgan fingerprint density at radius 1 is 0.971 bits per heavy atom. The number of methoxy groups -OCH3 is 2. The zero-order valence-electron chi connectivity index (χ0n) is 18.3. The van der Waals surface area contributed by atoms with Gasteiger partial charge in [0.2, 0.25) is 0 Å². The molecular formula is C25H20Cl2N2O4S. The second-order valence-electron chi connectivity index (χ2n) is 7.24. The minimum Gasteiger partial charge on any atom is -0.496 e. The number of nitrogens with zero attached hydrogens (tertiary/aromatic N) is 1. The van der Waals surface area contributed by atoms with Crippen molar-refractivity contribution in [1.82, 2.24) is 5.32 Å². The molecule has 6 nitrogen and oxygen atoms in total. The molecule has 0 bridgehead atoms. The maximum atomic E-state index is 13.1. The molecule has 0 radical (unpaired) electrons. The fourth-order valence-corrected chi connectivity index (χ4v) is 4.24. The van der Waals surface area contributed by atoms with Crippen molar-refractivity contribution < 1.29 is 19.0 Å². The molecule has 1 N–H and O–H groups in total. The standard InChI is InChI=1S/C25H20Cl2N2O4S/c1-31-21-9-7-15(11-16(21)14-33-22-10-8-17(26)13-18(22)27)12-19-24(30)29(25(34)28-19)20-5-3-4-6-23(20)32-2/h3-13H,14H2,1-2H3,(H,28,34)/b19-12+. The molecule has 1 amide bonds. The molecule has 0 unspecified atom stereocenters. The molecule has 0 atom stereocenters. The number of rotatable bonds is 7. The lowest BCUT2D eigenvalue weighted by atomic mass is 10.1. The third kappa shape index (κ3) is 4.97. The van der Waals surface area contributed by atoms with E-state index in [0.29, 0.717) is 38.7 Å². The van der Waals surface area contributed by atoms with E-state index < -0.39 is 0 Å². The molecule has 34 heavy (non-hydrogen) atoms. The number of ether oxygens (including phenoxy) is 3. The van der Waals surface area contributed by atoms with E-state index in [9.17, 15) is 4.79 Å². The molecule has 0 spiro atoms. The molecule has 4 rings (SSSR count). The highest BCUT2D eigenvalue weighted by Gasteiger charge is 2.33. The van der Waals surface area contributed by atoms with Crippen LogP contribution in [0.25, 0.3) is 6.08 Å². The van der Waals surface area contributed by atoms with Crippen LogP contribution < -0.4 is 24.4 Å². The van der Waals surface area contributed by atoms with Crippen LogP contribution >= 0.6 is 35.4 Å². The van der Waals surface area contributed by atoms with Crippen LogP contribution in [-0.4, -0.2) is 25.2 Å². The summed E-state index contributed by atoms with van der Waals surface area (Å²) in [6.45, 7) is 0.203. The van der Waals surface area contributed by atoms with Crippen LogP contribution in [0.4, 0.5) is 5.69 Å². The van der Waals surface area contributed by atoms with Gasteiger partial charge in [-0.2, -0.15) is 0 Å². The second kappa shape index (κ2) is 10.3. The van der Waals surface area contributed by atoms with Gasteiger partial charge in [0.05, 0.1) is 24.9 Å². The van der Waals surface area contributed by atoms with Gasteiger partial charge in [-0.3, -0.25) is 4.79 Å². The number of hydrogen-bond donors (Lipinski definition) is 1. The summed E-state index contributed by atoms with van der Waals surface area (Å²) in [5.41, 5.74) is 2.45. The average Bonchev–Trinajstić information content (AvgIpc) is 3.11. The number of nitrogens with one attached hydrogen (secondary N) is 1. The Hall–Kier alpha value is -3.26. The lowest BCUT2D eigenvalue weighted by Crippen LogP contribution is -2.30. The fourth-order valence-electron chi connectivity index (χ4n) is 3.48. The number of halogens is 2. The van der Waals surface area contributed by atoms with Crippen molar-refractivity contribution in [3.8, 4) is 17.2 Å². The zero-order chi connectivity index (χ0) is 24.2. The quantitative estimate of drug-likeness (QED) is 0.315. The Labute approximate surface area is 212 Å². The first-order valence-corrected chi connectivity index (χ1v) is 11.3. The average molecular weight is 515 g/mol. The van der Waals surface area contributed by atoms with Crippen LogP contribution in [0.3, 0.4) is 0 Å². The lowest BCUT2D eigenvalue weighted by Gasteiger charge is -2.17. The van der Waals surface area contributed by atoms with Gasteiger partial charge in [0.25, 0.3) is 5.91 Å². The molecule has 1 heterocycles. The highest BCUT2D eigenvalue weighted by molar-refractivity contribution is 7.80. The van der Waals surface area contributed by atoms with Gasteiger partial charge in [0.15, 0.2) is 5.11 Å². The summed E-state index contributed by atoms with van der Waals surface area (Å²) in [5, 5.41) is 4.20. The van der Waals surface area contributed by atoms with Crippen molar-refractivity contribution >= 4 is 58.2 Å². The monoisotopic (exact) mass is 514 g/mol. The summed E-state index contributed by atoms with van der Waals surface area (Å²) < 4.78 is 16.7. The largest absolute Gasteiger partial charge is 0.496 e. The third-order valence-corrected chi connectivity index (χ3v) is 5.91.